The van der Waals surface area contributed by atoms with Crippen molar-refractivity contribution in [1.82, 2.24) is 14.6 Å². The highest BCUT2D eigenvalue weighted by molar-refractivity contribution is 5.95. The summed E-state index contributed by atoms with van der Waals surface area (Å²) in [5, 5.41) is 10.4. The van der Waals surface area contributed by atoms with Crippen molar-refractivity contribution in [2.24, 2.45) is 5.73 Å². The summed E-state index contributed by atoms with van der Waals surface area (Å²) in [6.45, 7) is 4.75. The van der Waals surface area contributed by atoms with Gasteiger partial charge in [-0.3, -0.25) is 14.8 Å². The maximum Gasteiger partial charge on any atom is 0.392 e. The van der Waals surface area contributed by atoms with Gasteiger partial charge in [-0.15, -0.1) is 0 Å². The monoisotopic (exact) mass is 576 g/mol. The van der Waals surface area contributed by atoms with Crippen molar-refractivity contribution < 1.29 is 37.5 Å². The lowest BCUT2D eigenvalue weighted by molar-refractivity contribution is -0.141. The number of aromatic nitrogens is 2. The van der Waals surface area contributed by atoms with Crippen LogP contribution in [0.4, 0.5) is 13.2 Å². The second-order valence-electron chi connectivity index (χ2n) is 9.33. The van der Waals surface area contributed by atoms with Crippen LogP contribution in [0, 0.1) is 6.92 Å². The molecule has 0 bridgehead atoms. The van der Waals surface area contributed by atoms with Crippen molar-refractivity contribution in [3.05, 3.63) is 89.0 Å². The zero-order valence-electron chi connectivity index (χ0n) is 23.2. The smallest absolute Gasteiger partial charge is 0.392 e. The van der Waals surface area contributed by atoms with E-state index in [1.54, 1.807) is 16.7 Å². The number of aryl methyl sites for hydroxylation is 2. The van der Waals surface area contributed by atoms with Crippen molar-refractivity contribution in [2.75, 3.05) is 6.61 Å². The van der Waals surface area contributed by atoms with E-state index in [2.05, 4.69) is 28.8 Å². The van der Waals surface area contributed by atoms with Crippen LogP contribution < -0.4 is 5.73 Å². The number of hydrogen-bond acceptors (Lipinski definition) is 6. The fourth-order valence-corrected chi connectivity index (χ4v) is 3.52. The Morgan fingerprint density at radius 3 is 2.24 bits per heavy atom. The number of amides is 2. The van der Waals surface area contributed by atoms with Crippen LogP contribution in [0.1, 0.15) is 70.9 Å². The number of nitrogens with zero attached hydrogens (tertiary/aromatic N) is 3. The zero-order valence-corrected chi connectivity index (χ0v) is 23.2. The third kappa shape index (κ3) is 10.7. The number of carbonyl (C=O) groups is 3. The molecule has 0 radical (unpaired) electrons. The van der Waals surface area contributed by atoms with Crippen LogP contribution in [0.25, 0.3) is 0 Å². The lowest BCUT2D eigenvalue weighted by Gasteiger charge is -2.21. The van der Waals surface area contributed by atoms with E-state index < -0.39 is 43.0 Å². The Labute approximate surface area is 236 Å². The maximum absolute atomic E-state index is 12.8. The Kier molecular flexibility index (Phi) is 12.5. The first-order valence-electron chi connectivity index (χ1n) is 13.0. The number of halogens is 3. The molecule has 0 saturated heterocycles. The average Bonchev–Trinajstić information content (AvgIpc) is 3.32. The molecule has 3 aromatic rings. The fourth-order valence-electron chi connectivity index (χ4n) is 3.52. The van der Waals surface area contributed by atoms with Gasteiger partial charge in [0, 0.05) is 13.0 Å². The number of esters is 1. The molecule has 1 aromatic heterocycles. The summed E-state index contributed by atoms with van der Waals surface area (Å²) in [7, 11) is 0. The van der Waals surface area contributed by atoms with Crippen LogP contribution in [0.5, 0.6) is 0 Å². The normalized spacial score (nSPS) is 11.7. The average molecular weight is 577 g/mol. The number of ether oxygens (including phenoxy) is 1. The summed E-state index contributed by atoms with van der Waals surface area (Å²) in [5.41, 5.74) is 7.26. The minimum Gasteiger partial charge on any atom is -0.462 e. The summed E-state index contributed by atoms with van der Waals surface area (Å²) in [4.78, 5) is 40.3. The lowest BCUT2D eigenvalue weighted by atomic mass is 10.1. The lowest BCUT2D eigenvalue weighted by Crippen LogP contribution is -2.44. The SMILES string of the molecule is CCCCc1ncc(C(=O)N(O)C(C)C(N)=O)n1Cc1ccc(C(=O)OCCC(F)(F)F)cc1.Cc1ccccc1. The van der Waals surface area contributed by atoms with Crippen molar-refractivity contribution in [3.8, 4) is 0 Å². The number of primary amides is 1. The van der Waals surface area contributed by atoms with Gasteiger partial charge < -0.3 is 15.0 Å². The van der Waals surface area contributed by atoms with Crippen molar-refractivity contribution >= 4 is 17.8 Å². The van der Waals surface area contributed by atoms with Gasteiger partial charge in [0.05, 0.1) is 18.2 Å². The molecule has 2 amide bonds. The predicted octanol–water partition coefficient (Wildman–Crippen LogP) is 5.08. The molecule has 9 nitrogen and oxygen atoms in total. The third-order valence-electron chi connectivity index (χ3n) is 5.99. The molecule has 2 aromatic carbocycles. The highest BCUT2D eigenvalue weighted by Crippen LogP contribution is 2.20. The van der Waals surface area contributed by atoms with Gasteiger partial charge in [-0.1, -0.05) is 61.4 Å². The van der Waals surface area contributed by atoms with E-state index in [-0.39, 0.29) is 22.9 Å². The van der Waals surface area contributed by atoms with E-state index in [1.807, 2.05) is 25.1 Å². The minimum absolute atomic E-state index is 0.0392. The van der Waals surface area contributed by atoms with Gasteiger partial charge in [0.1, 0.15) is 24.2 Å². The van der Waals surface area contributed by atoms with Crippen molar-refractivity contribution in [3.63, 3.8) is 0 Å². The van der Waals surface area contributed by atoms with Crippen molar-refractivity contribution in [2.45, 2.75) is 65.2 Å². The van der Waals surface area contributed by atoms with Gasteiger partial charge in [0.2, 0.25) is 5.91 Å². The molecule has 0 aliphatic heterocycles. The van der Waals surface area contributed by atoms with E-state index in [1.165, 1.54) is 30.8 Å². The summed E-state index contributed by atoms with van der Waals surface area (Å²) in [6, 6.07) is 15.0. The maximum atomic E-state index is 12.8. The number of carbonyl (C=O) groups excluding carboxylic acids is 3. The van der Waals surface area contributed by atoms with Gasteiger partial charge in [-0.25, -0.2) is 14.8 Å². The van der Waals surface area contributed by atoms with Crippen LogP contribution in [0.3, 0.4) is 0 Å². The summed E-state index contributed by atoms with van der Waals surface area (Å²) in [6.07, 6.45) is -2.11. The molecule has 3 rings (SSSR count). The van der Waals surface area contributed by atoms with Crippen LogP contribution in [-0.2, 0) is 22.5 Å². The van der Waals surface area contributed by atoms with E-state index in [9.17, 15) is 32.8 Å². The number of benzene rings is 2. The standard InChI is InChI=1S/C22H27F3N4O5.C7H8/c1-3-4-5-18-27-12-17(20(31)29(33)14(2)19(26)30)28(18)13-15-6-8-16(9-7-15)21(32)34-11-10-22(23,24)25;1-7-5-3-2-4-6-7/h6-9,12,14,33H,3-5,10-11,13H2,1-2H3,(H2,26,30);2-6H,1H3. The number of hydroxylamine groups is 2. The van der Waals surface area contributed by atoms with Crippen LogP contribution in [0.15, 0.2) is 60.8 Å². The topological polar surface area (TPSA) is 128 Å². The first-order valence-corrected chi connectivity index (χ1v) is 13.0. The predicted molar refractivity (Wildman–Crippen MR) is 145 cm³/mol. The first kappa shape index (κ1) is 33.0. The summed E-state index contributed by atoms with van der Waals surface area (Å²) >= 11 is 0. The molecule has 3 N–H and O–H groups in total. The Morgan fingerprint density at radius 1 is 1.10 bits per heavy atom. The summed E-state index contributed by atoms with van der Waals surface area (Å²) < 4.78 is 42.9. The number of alkyl halides is 3. The van der Waals surface area contributed by atoms with Gasteiger partial charge in [-0.2, -0.15) is 13.2 Å². The molecular weight excluding hydrogens is 541 g/mol. The molecule has 0 aliphatic carbocycles. The molecule has 0 fully saturated rings. The number of hydrogen-bond donors (Lipinski definition) is 2. The number of nitrogens with two attached hydrogens (primary N) is 1. The molecule has 41 heavy (non-hydrogen) atoms. The number of imidazole rings is 1. The largest absolute Gasteiger partial charge is 0.462 e. The van der Waals surface area contributed by atoms with Gasteiger partial charge >= 0.3 is 12.1 Å². The van der Waals surface area contributed by atoms with Crippen LogP contribution >= 0.6 is 0 Å². The Morgan fingerprint density at radius 2 is 1.73 bits per heavy atom. The third-order valence-corrected chi connectivity index (χ3v) is 5.99. The molecule has 1 atom stereocenters. The van der Waals surface area contributed by atoms with Crippen LogP contribution in [-0.4, -0.2) is 56.4 Å². The first-order chi connectivity index (χ1) is 19.3. The van der Waals surface area contributed by atoms with Gasteiger partial charge in [-0.05, 0) is 38.0 Å². The van der Waals surface area contributed by atoms with E-state index in [0.717, 1.165) is 12.8 Å². The Bertz CT molecular complexity index is 1280. The Balaban J connectivity index is 0.000000729. The second-order valence-corrected chi connectivity index (χ2v) is 9.33. The molecule has 12 heteroatoms. The molecule has 0 spiro atoms. The second kappa shape index (κ2) is 15.6. The van der Waals surface area contributed by atoms with Gasteiger partial charge in [0.25, 0.3) is 5.91 Å². The summed E-state index contributed by atoms with van der Waals surface area (Å²) in [5.74, 6) is -2.03. The van der Waals surface area contributed by atoms with Crippen molar-refractivity contribution in [1.29, 1.82) is 0 Å². The molecule has 0 saturated carbocycles. The minimum atomic E-state index is -4.42. The molecule has 1 heterocycles. The molecule has 1 unspecified atom stereocenters. The van der Waals surface area contributed by atoms with E-state index in [0.29, 0.717) is 17.8 Å². The zero-order chi connectivity index (χ0) is 30.6. The quantitative estimate of drug-likeness (QED) is 0.186. The fraction of sp³-hybridized carbons (Fsp3) is 0.379. The highest BCUT2D eigenvalue weighted by Gasteiger charge is 2.28. The Hall–Kier alpha value is -4.19. The number of rotatable bonds is 11. The van der Waals surface area contributed by atoms with E-state index >= 15 is 0 Å². The van der Waals surface area contributed by atoms with E-state index in [4.69, 9.17) is 5.73 Å². The molecular formula is C29H35F3N4O5. The number of unbranched alkanes of at least 4 members (excludes halogenated alkanes) is 1. The highest BCUT2D eigenvalue weighted by atomic mass is 19.4. The van der Waals surface area contributed by atoms with Crippen LogP contribution in [0.2, 0.25) is 0 Å². The molecule has 222 valence electrons. The van der Waals surface area contributed by atoms with Gasteiger partial charge in [0.15, 0.2) is 0 Å². The molecule has 0 aliphatic rings.